The van der Waals surface area contributed by atoms with Gasteiger partial charge in [-0.25, -0.2) is 11.2 Å². The molecule has 0 bridgehead atoms. The van der Waals surface area contributed by atoms with Crippen molar-refractivity contribution in [3.63, 3.8) is 0 Å². The lowest BCUT2D eigenvalue weighted by atomic mass is 11.6. The van der Waals surface area contributed by atoms with E-state index in [0.29, 0.717) is 0 Å². The zero-order chi connectivity index (χ0) is 6.28. The summed E-state index contributed by atoms with van der Waals surface area (Å²) in [6.07, 6.45) is 0.750. The van der Waals surface area contributed by atoms with E-state index in [1.54, 1.807) is 0 Å². The van der Waals surface area contributed by atoms with Crippen LogP contribution in [0.2, 0.25) is 0 Å². The summed E-state index contributed by atoms with van der Waals surface area (Å²) in [6, 6.07) is 0. The molecule has 0 aromatic rings. The molecule has 0 aliphatic rings. The lowest BCUT2D eigenvalue weighted by molar-refractivity contribution is 0.503. The van der Waals surface area contributed by atoms with Gasteiger partial charge in [0.1, 0.15) is 0 Å². The number of aliphatic hydroxyl groups excluding tert-OH is 1. The summed E-state index contributed by atoms with van der Waals surface area (Å²) in [5, 5.41) is 13.8. The largest absolute Gasteiger partial charge is 0.459 e. The molecule has 0 spiro atoms. The van der Waals surface area contributed by atoms with Crippen molar-refractivity contribution in [1.29, 1.82) is 5.26 Å². The normalized spacial score (nSPS) is 5.86. The molecule has 0 saturated carbocycles. The van der Waals surface area contributed by atoms with Crippen molar-refractivity contribution in [2.45, 2.75) is 0 Å². The van der Waals surface area contributed by atoms with Gasteiger partial charge in [-0.15, -0.1) is 0 Å². The monoisotopic (exact) mass is 140 g/mol. The van der Waals surface area contributed by atoms with Gasteiger partial charge in [0.05, 0.1) is 0 Å². The summed E-state index contributed by atoms with van der Waals surface area (Å²) in [7, 11) is -2.03. The maximum absolute atomic E-state index is 8.93. The van der Waals surface area contributed by atoms with E-state index in [9.17, 15) is 0 Å². The second kappa shape index (κ2) is 9.15. The van der Waals surface area contributed by atoms with Crippen LogP contribution in [-0.4, -0.2) is 9.66 Å². The van der Waals surface area contributed by atoms with Gasteiger partial charge in [-0.1, -0.05) is 9.64 Å². The first kappa shape index (κ1) is 9.80. The average Bonchev–Trinajstić information content (AvgIpc) is 1.33. The van der Waals surface area contributed by atoms with E-state index >= 15 is 0 Å². The Kier molecular flexibility index (Phi) is 12.8. The molecule has 0 radical (unpaired) electrons. The minimum Gasteiger partial charge on any atom is -0.459 e. The number of nitrogens with zero attached hydrogens (tertiary/aromatic N) is 1. The molecule has 6 heteroatoms. The van der Waals surface area contributed by atoms with E-state index in [1.165, 1.54) is 0 Å². The Balaban J connectivity index is 0. The zero-order valence-electron chi connectivity index (χ0n) is 3.07. The minimum atomic E-state index is -2.03. The van der Waals surface area contributed by atoms with E-state index in [2.05, 4.69) is 11.2 Å². The summed E-state index contributed by atoms with van der Waals surface area (Å²) in [4.78, 5) is 0. The number of hydrogen-bond acceptors (Lipinski definition) is 5. The molecule has 7 heavy (non-hydrogen) atoms. The van der Waals surface area contributed by atoms with Crippen LogP contribution >= 0.6 is 0 Å². The van der Waals surface area contributed by atoms with Gasteiger partial charge < -0.3 is 13.9 Å². The maximum Gasteiger partial charge on any atom is 0.283 e. The summed E-state index contributed by atoms with van der Waals surface area (Å²) in [5.74, 6) is 0. The molecule has 0 heterocycles. The van der Waals surface area contributed by atoms with Gasteiger partial charge in [0.25, 0.3) is 6.26 Å². The van der Waals surface area contributed by atoms with E-state index in [0.717, 1.165) is 6.26 Å². The fraction of sp³-hybridized carbons (Fsp3) is 0. The van der Waals surface area contributed by atoms with Crippen LogP contribution in [-0.2, 0) is 25.0 Å². The van der Waals surface area contributed by atoms with Crippen LogP contribution in [0, 0.1) is 11.5 Å². The van der Waals surface area contributed by atoms with Gasteiger partial charge in [0, 0.05) is 0 Å². The second-order valence-electron chi connectivity index (χ2n) is 0.317. The first-order valence-electron chi connectivity index (χ1n) is 0.963. The molecule has 2 N–H and O–H groups in total. The first-order chi connectivity index (χ1) is 3.15. The lowest BCUT2D eigenvalue weighted by Gasteiger charge is -1.66. The average molecular weight is 140 g/mol. The Morgan fingerprint density at radius 3 is 1.86 bits per heavy atom. The lowest BCUT2D eigenvalue weighted by Crippen LogP contribution is -1.51. The minimum absolute atomic E-state index is 0.750. The molecule has 0 saturated heterocycles. The van der Waals surface area contributed by atoms with Crippen LogP contribution in [0.15, 0.2) is 0 Å². The Bertz CT molecular complexity index is 113. The van der Waals surface area contributed by atoms with Crippen LogP contribution in [0.25, 0.3) is 0 Å². The van der Waals surface area contributed by atoms with Crippen molar-refractivity contribution in [1.82, 2.24) is 0 Å². The van der Waals surface area contributed by atoms with E-state index in [1.807, 2.05) is 0 Å². The van der Waals surface area contributed by atoms with Gasteiger partial charge >= 0.3 is 0 Å². The molecule has 0 aromatic heterocycles. The first-order valence-corrected chi connectivity index (χ1v) is 2.99. The van der Waals surface area contributed by atoms with Crippen molar-refractivity contribution in [3.8, 4) is 6.26 Å². The van der Waals surface area contributed by atoms with Gasteiger partial charge in [0.2, 0.25) is 0 Å². The molecule has 0 aliphatic heterocycles. The summed E-state index contributed by atoms with van der Waals surface area (Å²) in [5.41, 5.74) is 0. The maximum atomic E-state index is 8.93. The summed E-state index contributed by atoms with van der Waals surface area (Å²) in [6.45, 7) is 0. The predicted molar refractivity (Wildman–Crippen MR) is 25.6 cm³/mol. The van der Waals surface area contributed by atoms with Crippen molar-refractivity contribution >= 4 is 20.8 Å². The van der Waals surface area contributed by atoms with Gasteiger partial charge in [-0.3, -0.25) is 0 Å². The summed E-state index contributed by atoms with van der Waals surface area (Å²) >= 11 is 3.65. The van der Waals surface area contributed by atoms with Crippen molar-refractivity contribution < 1.29 is 13.9 Å². The third-order valence-electron chi connectivity index (χ3n) is 0. The van der Waals surface area contributed by atoms with Gasteiger partial charge in [-0.05, 0) is 0 Å². The van der Waals surface area contributed by atoms with Gasteiger partial charge in [0.15, 0.2) is 0 Å². The molecule has 42 valence electrons. The predicted octanol–water partition coefficient (Wildman–Crippen LogP) is -0.275. The Hall–Kier alpha value is -0.380. The number of rotatable bonds is 0. The van der Waals surface area contributed by atoms with Crippen LogP contribution in [0.5, 0.6) is 0 Å². The van der Waals surface area contributed by atoms with E-state index < -0.39 is 9.64 Å². The van der Waals surface area contributed by atoms with Crippen molar-refractivity contribution in [3.05, 3.63) is 0 Å². The van der Waals surface area contributed by atoms with Crippen molar-refractivity contribution in [2.24, 2.45) is 0 Å². The molecule has 0 amide bonds. The standard InChI is InChI=1S/CHNO.HO2S2/c2-1-3;1-4(2)3/h3H;(H,1,2,3)/q;-1. The fourth-order valence-electron chi connectivity index (χ4n) is 0. The third-order valence-corrected chi connectivity index (χ3v) is 0. The molecule has 0 fully saturated rings. The van der Waals surface area contributed by atoms with Crippen molar-refractivity contribution in [2.75, 3.05) is 0 Å². The smallest absolute Gasteiger partial charge is 0.283 e. The third kappa shape index (κ3) is 510. The SMILES string of the molecule is N#CO.O=[S-](O)=S. The highest BCUT2D eigenvalue weighted by Crippen LogP contribution is 1.33. The molecular formula is CH2NO3S2-. The topological polar surface area (TPSA) is 81.3 Å². The number of hydrogen-bond donors (Lipinski definition) is 2. The van der Waals surface area contributed by atoms with E-state index in [-0.39, 0.29) is 0 Å². The van der Waals surface area contributed by atoms with Crippen LogP contribution in [0.3, 0.4) is 0 Å². The van der Waals surface area contributed by atoms with Gasteiger partial charge in [-0.2, -0.15) is 5.26 Å². The fourth-order valence-corrected chi connectivity index (χ4v) is 0. The highest BCUT2D eigenvalue weighted by atomic mass is 32.8. The molecule has 0 aromatic carbocycles. The summed E-state index contributed by atoms with van der Waals surface area (Å²) < 4.78 is 16.3. The number of aliphatic hydroxyl groups is 1. The Labute approximate surface area is 46.9 Å². The molecule has 0 rings (SSSR count). The molecule has 0 unspecified atom stereocenters. The number of nitriles is 1. The molecule has 4 nitrogen and oxygen atoms in total. The molecule has 0 aliphatic carbocycles. The van der Waals surface area contributed by atoms with Crippen LogP contribution in [0.4, 0.5) is 0 Å². The Morgan fingerprint density at radius 2 is 1.86 bits per heavy atom. The van der Waals surface area contributed by atoms with E-state index in [4.69, 9.17) is 19.1 Å². The highest BCUT2D eigenvalue weighted by molar-refractivity contribution is 8.18. The van der Waals surface area contributed by atoms with Crippen LogP contribution in [0.1, 0.15) is 0 Å². The second-order valence-corrected chi connectivity index (χ2v) is 1.61. The highest BCUT2D eigenvalue weighted by Gasteiger charge is 1.19. The Morgan fingerprint density at radius 1 is 1.86 bits per heavy atom. The molecule has 0 atom stereocenters. The zero-order valence-corrected chi connectivity index (χ0v) is 4.70. The molecular weight excluding hydrogens is 138 g/mol. The van der Waals surface area contributed by atoms with Crippen LogP contribution < -0.4 is 0 Å². The quantitative estimate of drug-likeness (QED) is 0.275.